The summed E-state index contributed by atoms with van der Waals surface area (Å²) in [6, 6.07) is 10.1. The molecule has 0 fully saturated rings. The van der Waals surface area contributed by atoms with Gasteiger partial charge in [-0.15, -0.1) is 11.3 Å². The zero-order chi connectivity index (χ0) is 23.2. The Morgan fingerprint density at radius 1 is 0.941 bits per heavy atom. The molecule has 6 heterocycles. The van der Waals surface area contributed by atoms with E-state index in [1.165, 1.54) is 11.3 Å². The van der Waals surface area contributed by atoms with Crippen molar-refractivity contribution in [2.75, 3.05) is 5.32 Å². The van der Waals surface area contributed by atoms with Crippen LogP contribution in [-0.2, 0) is 0 Å². The average Bonchev–Trinajstić information content (AvgIpc) is 3.55. The SMILES string of the molecule is CC(C)Nc1cncc(-c2ccc3[nH]nc(-c4nc5c(-c6ccc(Cl)s6)cncc5[nH]4)c3n2)c1. The number of halogens is 1. The lowest BCUT2D eigenvalue weighted by molar-refractivity contribution is 0.898. The maximum Gasteiger partial charge on any atom is 0.161 e. The molecule has 0 radical (unpaired) electrons. The van der Waals surface area contributed by atoms with Gasteiger partial charge < -0.3 is 10.3 Å². The van der Waals surface area contributed by atoms with Crippen molar-refractivity contribution in [2.24, 2.45) is 0 Å². The fourth-order valence-electron chi connectivity index (χ4n) is 3.90. The molecule has 0 saturated carbocycles. The standard InChI is InChI=1S/C24H19ClN8S/c1-12(2)28-14-7-13(8-26-9-14)16-3-4-17-22(29-16)23(33-32-17)24-30-18-11-27-10-15(21(18)31-24)19-5-6-20(25)34-19/h3-12,28H,1-2H3,(H,30,31)(H,32,33). The lowest BCUT2D eigenvalue weighted by Crippen LogP contribution is -2.09. The first kappa shape index (κ1) is 20.8. The average molecular weight is 487 g/mol. The molecule has 0 aliphatic heterocycles. The molecule has 0 amide bonds. The monoisotopic (exact) mass is 486 g/mol. The highest BCUT2D eigenvalue weighted by Crippen LogP contribution is 2.35. The Balaban J connectivity index is 1.45. The molecule has 6 aromatic heterocycles. The minimum absolute atomic E-state index is 0.311. The van der Waals surface area contributed by atoms with Gasteiger partial charge in [0.15, 0.2) is 11.5 Å². The lowest BCUT2D eigenvalue weighted by atomic mass is 10.1. The van der Waals surface area contributed by atoms with Gasteiger partial charge >= 0.3 is 0 Å². The first-order chi connectivity index (χ1) is 16.5. The number of nitrogens with one attached hydrogen (secondary N) is 3. The summed E-state index contributed by atoms with van der Waals surface area (Å²) in [5.74, 6) is 0.621. The molecule has 10 heteroatoms. The predicted octanol–water partition coefficient (Wildman–Crippen LogP) is 6.16. The van der Waals surface area contributed by atoms with Crippen molar-refractivity contribution in [3.8, 4) is 33.2 Å². The van der Waals surface area contributed by atoms with Gasteiger partial charge in [-0.1, -0.05) is 11.6 Å². The van der Waals surface area contributed by atoms with E-state index in [2.05, 4.69) is 44.3 Å². The maximum atomic E-state index is 6.15. The van der Waals surface area contributed by atoms with Crippen LogP contribution in [0, 0.1) is 0 Å². The van der Waals surface area contributed by atoms with Crippen molar-refractivity contribution >= 4 is 50.7 Å². The van der Waals surface area contributed by atoms with Gasteiger partial charge in [-0.05, 0) is 44.2 Å². The number of fused-ring (bicyclic) bond motifs is 2. The number of anilines is 1. The Hall–Kier alpha value is -3.82. The molecule has 8 nitrogen and oxygen atoms in total. The summed E-state index contributed by atoms with van der Waals surface area (Å²) >= 11 is 7.65. The van der Waals surface area contributed by atoms with Crippen LogP contribution in [0.3, 0.4) is 0 Å². The number of nitrogens with zero attached hydrogens (tertiary/aromatic N) is 5. The summed E-state index contributed by atoms with van der Waals surface area (Å²) in [5.41, 5.74) is 7.44. The highest BCUT2D eigenvalue weighted by Gasteiger charge is 2.18. The van der Waals surface area contributed by atoms with Crippen molar-refractivity contribution < 1.29 is 0 Å². The molecular formula is C24H19ClN8S. The molecular weight excluding hydrogens is 468 g/mol. The summed E-state index contributed by atoms with van der Waals surface area (Å²) in [6.45, 7) is 4.19. The smallest absolute Gasteiger partial charge is 0.161 e. The number of H-pyrrole nitrogens is 2. The molecule has 0 atom stereocenters. The second-order valence-electron chi connectivity index (χ2n) is 8.20. The molecule has 3 N–H and O–H groups in total. The fraction of sp³-hybridized carbons (Fsp3) is 0.125. The Labute approximate surface area is 203 Å². The second-order valence-corrected chi connectivity index (χ2v) is 9.91. The number of pyridine rings is 3. The molecule has 168 valence electrons. The second kappa shape index (κ2) is 8.19. The molecule has 0 aliphatic rings. The third-order valence-electron chi connectivity index (χ3n) is 5.35. The van der Waals surface area contributed by atoms with Crippen LogP contribution in [-0.4, -0.2) is 41.2 Å². The summed E-state index contributed by atoms with van der Waals surface area (Å²) in [5, 5.41) is 11.0. The third-order valence-corrected chi connectivity index (χ3v) is 6.62. The van der Waals surface area contributed by atoms with Gasteiger partial charge in [0, 0.05) is 40.6 Å². The van der Waals surface area contributed by atoms with Gasteiger partial charge in [0.1, 0.15) is 11.0 Å². The van der Waals surface area contributed by atoms with Crippen molar-refractivity contribution in [2.45, 2.75) is 19.9 Å². The van der Waals surface area contributed by atoms with Crippen molar-refractivity contribution in [3.63, 3.8) is 0 Å². The van der Waals surface area contributed by atoms with E-state index in [1.807, 2.05) is 42.7 Å². The van der Waals surface area contributed by atoms with Crippen LogP contribution in [0.25, 0.3) is 55.3 Å². The zero-order valence-corrected chi connectivity index (χ0v) is 19.9. The quantitative estimate of drug-likeness (QED) is 0.269. The van der Waals surface area contributed by atoms with E-state index >= 15 is 0 Å². The maximum absolute atomic E-state index is 6.15. The van der Waals surface area contributed by atoms with Gasteiger partial charge in [0.2, 0.25) is 0 Å². The van der Waals surface area contributed by atoms with Crippen molar-refractivity contribution in [3.05, 3.63) is 59.5 Å². The van der Waals surface area contributed by atoms with E-state index in [0.29, 0.717) is 17.6 Å². The van der Waals surface area contributed by atoms with E-state index < -0.39 is 0 Å². The van der Waals surface area contributed by atoms with E-state index in [1.54, 1.807) is 12.4 Å². The molecule has 0 unspecified atom stereocenters. The Kier molecular flexibility index (Phi) is 5.00. The van der Waals surface area contributed by atoms with Gasteiger partial charge in [-0.3, -0.25) is 15.1 Å². The molecule has 6 aromatic rings. The fourth-order valence-corrected chi connectivity index (χ4v) is 4.96. The number of aromatic amines is 2. The van der Waals surface area contributed by atoms with Crippen LogP contribution < -0.4 is 5.32 Å². The highest BCUT2D eigenvalue weighted by atomic mass is 35.5. The molecule has 6 rings (SSSR count). The number of imidazole rings is 1. The largest absolute Gasteiger partial charge is 0.382 e. The van der Waals surface area contributed by atoms with Crippen molar-refractivity contribution in [1.29, 1.82) is 0 Å². The Morgan fingerprint density at radius 2 is 1.82 bits per heavy atom. The lowest BCUT2D eigenvalue weighted by Gasteiger charge is -2.10. The van der Waals surface area contributed by atoms with Crippen molar-refractivity contribution in [1.82, 2.24) is 35.1 Å². The van der Waals surface area contributed by atoms with E-state index in [4.69, 9.17) is 21.6 Å². The van der Waals surface area contributed by atoms with E-state index in [-0.39, 0.29) is 0 Å². The predicted molar refractivity (Wildman–Crippen MR) is 137 cm³/mol. The topological polar surface area (TPSA) is 108 Å². The number of hydrogen-bond donors (Lipinski definition) is 3. The molecule has 34 heavy (non-hydrogen) atoms. The normalized spacial score (nSPS) is 11.6. The van der Waals surface area contributed by atoms with Crippen LogP contribution in [0.1, 0.15) is 13.8 Å². The van der Waals surface area contributed by atoms with Crippen LogP contribution in [0.4, 0.5) is 5.69 Å². The molecule has 0 saturated heterocycles. The minimum Gasteiger partial charge on any atom is -0.382 e. The summed E-state index contributed by atoms with van der Waals surface area (Å²) in [4.78, 5) is 22.9. The van der Waals surface area contributed by atoms with Crippen LogP contribution in [0.5, 0.6) is 0 Å². The molecule has 0 aliphatic carbocycles. The number of aromatic nitrogens is 7. The molecule has 0 bridgehead atoms. The van der Waals surface area contributed by atoms with E-state index in [9.17, 15) is 0 Å². The van der Waals surface area contributed by atoms with Gasteiger partial charge in [-0.25, -0.2) is 9.97 Å². The summed E-state index contributed by atoms with van der Waals surface area (Å²) in [6.07, 6.45) is 7.19. The highest BCUT2D eigenvalue weighted by molar-refractivity contribution is 7.19. The van der Waals surface area contributed by atoms with Crippen LogP contribution >= 0.6 is 22.9 Å². The molecule has 0 spiro atoms. The zero-order valence-electron chi connectivity index (χ0n) is 18.3. The number of rotatable bonds is 5. The number of thiophene rings is 1. The van der Waals surface area contributed by atoms with Gasteiger partial charge in [0.05, 0.1) is 32.9 Å². The number of hydrogen-bond acceptors (Lipinski definition) is 7. The van der Waals surface area contributed by atoms with Crippen LogP contribution in [0.2, 0.25) is 4.34 Å². The first-order valence-corrected chi connectivity index (χ1v) is 11.9. The summed E-state index contributed by atoms with van der Waals surface area (Å²) in [7, 11) is 0. The Bertz CT molecular complexity index is 1650. The molecule has 0 aromatic carbocycles. The summed E-state index contributed by atoms with van der Waals surface area (Å²) < 4.78 is 0.722. The minimum atomic E-state index is 0.311. The van der Waals surface area contributed by atoms with E-state index in [0.717, 1.165) is 53.8 Å². The van der Waals surface area contributed by atoms with Gasteiger partial charge in [-0.2, -0.15) is 5.10 Å². The van der Waals surface area contributed by atoms with Gasteiger partial charge in [0.25, 0.3) is 0 Å². The third kappa shape index (κ3) is 3.68. The first-order valence-electron chi connectivity index (χ1n) is 10.7. The van der Waals surface area contributed by atoms with Crippen LogP contribution in [0.15, 0.2) is 55.1 Å². The Morgan fingerprint density at radius 3 is 2.65 bits per heavy atom.